The molecule has 2 rings (SSSR count). The number of benzene rings is 1. The van der Waals surface area contributed by atoms with E-state index in [9.17, 15) is 8.42 Å². The summed E-state index contributed by atoms with van der Waals surface area (Å²) in [4.78, 5) is 4.55. The van der Waals surface area contributed by atoms with Gasteiger partial charge < -0.3 is 4.90 Å². The van der Waals surface area contributed by atoms with E-state index in [4.69, 9.17) is 0 Å². The summed E-state index contributed by atoms with van der Waals surface area (Å²) in [5, 5.41) is 0. The molecule has 1 aliphatic heterocycles. The molecule has 130 valence electrons. The van der Waals surface area contributed by atoms with Crippen LogP contribution in [0.4, 0.5) is 5.69 Å². The number of nitrogens with zero attached hydrogens (tertiary/aromatic N) is 3. The Morgan fingerprint density at radius 1 is 1.22 bits per heavy atom. The molecule has 0 bridgehead atoms. The quantitative estimate of drug-likeness (QED) is 0.764. The van der Waals surface area contributed by atoms with Crippen molar-refractivity contribution in [3.63, 3.8) is 0 Å². The van der Waals surface area contributed by atoms with E-state index in [1.165, 1.54) is 22.0 Å². The standard InChI is InChI=1S/C17H29N3O2S/c1-18(2)16-9-5-8-15(14-16)17-10-6-11-20(17)12-7-13-23(21,22)19(3)4/h5,8-9,14,17H,6-7,10-13H2,1-4H3/t17-/m0/s1. The lowest BCUT2D eigenvalue weighted by molar-refractivity contribution is 0.258. The van der Waals surface area contributed by atoms with Gasteiger partial charge >= 0.3 is 0 Å². The van der Waals surface area contributed by atoms with Crippen molar-refractivity contribution >= 4 is 15.7 Å². The molecule has 1 atom stereocenters. The number of sulfonamides is 1. The zero-order chi connectivity index (χ0) is 17.0. The zero-order valence-corrected chi connectivity index (χ0v) is 15.5. The van der Waals surface area contributed by atoms with Crippen LogP contribution in [-0.2, 0) is 10.0 Å². The Labute approximate surface area is 140 Å². The largest absolute Gasteiger partial charge is 0.378 e. The Hall–Kier alpha value is -1.11. The van der Waals surface area contributed by atoms with Crippen molar-refractivity contribution in [3.8, 4) is 0 Å². The maximum absolute atomic E-state index is 11.9. The summed E-state index contributed by atoms with van der Waals surface area (Å²) in [6.07, 6.45) is 3.01. The zero-order valence-electron chi connectivity index (χ0n) is 14.7. The summed E-state index contributed by atoms with van der Waals surface area (Å²) < 4.78 is 25.1. The maximum atomic E-state index is 11.9. The van der Waals surface area contributed by atoms with E-state index in [2.05, 4.69) is 48.2 Å². The molecule has 6 heteroatoms. The van der Waals surface area contributed by atoms with Crippen LogP contribution in [0.1, 0.15) is 30.9 Å². The van der Waals surface area contributed by atoms with Gasteiger partial charge in [0.2, 0.25) is 10.0 Å². The predicted molar refractivity (Wildman–Crippen MR) is 96.4 cm³/mol. The SMILES string of the molecule is CN(C)c1cccc([C@@H]2CCCN2CCCS(=O)(=O)N(C)C)c1. The molecule has 0 unspecified atom stereocenters. The van der Waals surface area contributed by atoms with Crippen LogP contribution in [0.25, 0.3) is 0 Å². The maximum Gasteiger partial charge on any atom is 0.213 e. The molecule has 0 aliphatic carbocycles. The number of hydrogen-bond donors (Lipinski definition) is 0. The second kappa shape index (κ2) is 7.64. The predicted octanol–water partition coefficient (Wildman–Crippen LogP) is 2.17. The van der Waals surface area contributed by atoms with Crippen LogP contribution in [0.3, 0.4) is 0 Å². The number of likely N-dealkylation sites (tertiary alicyclic amines) is 1. The van der Waals surface area contributed by atoms with Gasteiger partial charge in [0.1, 0.15) is 0 Å². The molecule has 1 saturated heterocycles. The lowest BCUT2D eigenvalue weighted by Gasteiger charge is -2.26. The summed E-state index contributed by atoms with van der Waals surface area (Å²) >= 11 is 0. The fourth-order valence-electron chi connectivity index (χ4n) is 3.11. The molecule has 1 fully saturated rings. The first-order valence-electron chi connectivity index (χ1n) is 8.23. The van der Waals surface area contributed by atoms with Crippen LogP contribution >= 0.6 is 0 Å². The first-order chi connectivity index (χ1) is 10.8. The van der Waals surface area contributed by atoms with E-state index in [0.717, 1.165) is 19.5 Å². The van der Waals surface area contributed by atoms with Gasteiger partial charge in [0.15, 0.2) is 0 Å². The van der Waals surface area contributed by atoms with Gasteiger partial charge in [-0.3, -0.25) is 4.90 Å². The molecule has 0 N–H and O–H groups in total. The third-order valence-corrected chi connectivity index (χ3v) is 6.46. The molecule has 0 radical (unpaired) electrons. The van der Waals surface area contributed by atoms with E-state index in [0.29, 0.717) is 12.5 Å². The van der Waals surface area contributed by atoms with E-state index in [1.807, 2.05) is 0 Å². The van der Waals surface area contributed by atoms with E-state index in [1.54, 1.807) is 14.1 Å². The van der Waals surface area contributed by atoms with Crippen LogP contribution in [0.15, 0.2) is 24.3 Å². The van der Waals surface area contributed by atoms with Crippen molar-refractivity contribution in [2.24, 2.45) is 0 Å². The smallest absolute Gasteiger partial charge is 0.213 e. The van der Waals surface area contributed by atoms with Crippen molar-refractivity contribution in [2.75, 3.05) is 51.9 Å². The van der Waals surface area contributed by atoms with Crippen LogP contribution < -0.4 is 4.90 Å². The Morgan fingerprint density at radius 2 is 1.96 bits per heavy atom. The number of anilines is 1. The molecular formula is C17H29N3O2S. The summed E-state index contributed by atoms with van der Waals surface area (Å²) in [5.74, 6) is 0.223. The van der Waals surface area contributed by atoms with Gasteiger partial charge in [-0.05, 0) is 50.0 Å². The highest BCUT2D eigenvalue weighted by Gasteiger charge is 2.26. The van der Waals surface area contributed by atoms with Crippen LogP contribution in [0, 0.1) is 0 Å². The van der Waals surface area contributed by atoms with Gasteiger partial charge in [0, 0.05) is 39.9 Å². The highest BCUT2D eigenvalue weighted by Crippen LogP contribution is 2.33. The first-order valence-corrected chi connectivity index (χ1v) is 9.84. The van der Waals surface area contributed by atoms with Crippen LogP contribution in [0.5, 0.6) is 0 Å². The third-order valence-electron chi connectivity index (χ3n) is 4.54. The fourth-order valence-corrected chi connectivity index (χ4v) is 3.97. The van der Waals surface area contributed by atoms with Crippen LogP contribution in [-0.4, -0.2) is 64.7 Å². The third kappa shape index (κ3) is 4.68. The minimum absolute atomic E-state index is 0.223. The average Bonchev–Trinajstić information content (AvgIpc) is 2.95. The van der Waals surface area contributed by atoms with Gasteiger partial charge in [-0.1, -0.05) is 12.1 Å². The molecule has 1 aromatic rings. The minimum atomic E-state index is -3.09. The van der Waals surface area contributed by atoms with E-state index < -0.39 is 10.0 Å². The van der Waals surface area contributed by atoms with E-state index in [-0.39, 0.29) is 5.75 Å². The van der Waals surface area contributed by atoms with Gasteiger partial charge in [0.05, 0.1) is 5.75 Å². The Kier molecular flexibility index (Phi) is 6.06. The minimum Gasteiger partial charge on any atom is -0.378 e. The van der Waals surface area contributed by atoms with Crippen molar-refractivity contribution in [2.45, 2.75) is 25.3 Å². The summed E-state index contributed by atoms with van der Waals surface area (Å²) in [6.45, 7) is 1.89. The highest BCUT2D eigenvalue weighted by atomic mass is 32.2. The monoisotopic (exact) mass is 339 g/mol. The van der Waals surface area contributed by atoms with Gasteiger partial charge in [0.25, 0.3) is 0 Å². The molecule has 0 aromatic heterocycles. The first kappa shape index (κ1) is 18.2. The molecular weight excluding hydrogens is 310 g/mol. The fraction of sp³-hybridized carbons (Fsp3) is 0.647. The molecule has 23 heavy (non-hydrogen) atoms. The molecule has 0 amide bonds. The summed E-state index contributed by atoms with van der Waals surface area (Å²) in [6, 6.07) is 9.08. The average molecular weight is 340 g/mol. The molecule has 0 spiro atoms. The molecule has 0 saturated carbocycles. The van der Waals surface area contributed by atoms with Crippen molar-refractivity contribution in [1.29, 1.82) is 0 Å². The van der Waals surface area contributed by atoms with Gasteiger partial charge in [-0.2, -0.15) is 0 Å². The van der Waals surface area contributed by atoms with Crippen molar-refractivity contribution < 1.29 is 8.42 Å². The molecule has 5 nitrogen and oxygen atoms in total. The highest BCUT2D eigenvalue weighted by molar-refractivity contribution is 7.89. The number of hydrogen-bond acceptors (Lipinski definition) is 4. The van der Waals surface area contributed by atoms with Gasteiger partial charge in [-0.15, -0.1) is 0 Å². The van der Waals surface area contributed by atoms with Crippen molar-refractivity contribution in [3.05, 3.63) is 29.8 Å². The van der Waals surface area contributed by atoms with Gasteiger partial charge in [-0.25, -0.2) is 12.7 Å². The lowest BCUT2D eigenvalue weighted by atomic mass is 10.0. The van der Waals surface area contributed by atoms with Crippen LogP contribution in [0.2, 0.25) is 0 Å². The Morgan fingerprint density at radius 3 is 2.61 bits per heavy atom. The number of rotatable bonds is 7. The Bertz CT molecular complexity index is 614. The van der Waals surface area contributed by atoms with Crippen molar-refractivity contribution in [1.82, 2.24) is 9.21 Å². The molecule has 1 aromatic carbocycles. The topological polar surface area (TPSA) is 43.9 Å². The van der Waals surface area contributed by atoms with E-state index >= 15 is 0 Å². The summed E-state index contributed by atoms with van der Waals surface area (Å²) in [7, 11) is 4.21. The Balaban J connectivity index is 1.99. The molecule has 1 aliphatic rings. The lowest BCUT2D eigenvalue weighted by Crippen LogP contribution is -2.29. The second-order valence-electron chi connectivity index (χ2n) is 6.64. The molecule has 1 heterocycles. The summed E-state index contributed by atoms with van der Waals surface area (Å²) in [5.41, 5.74) is 2.55. The normalized spacial score (nSPS) is 19.4. The second-order valence-corrected chi connectivity index (χ2v) is 8.94.